The number of anilines is 2. The van der Waals surface area contributed by atoms with Crippen LogP contribution < -0.4 is 10.6 Å². The number of nitrogens with zero attached hydrogens (tertiary/aromatic N) is 3. The van der Waals surface area contributed by atoms with Gasteiger partial charge in [0.2, 0.25) is 5.95 Å². The van der Waals surface area contributed by atoms with E-state index in [2.05, 4.69) is 20.7 Å². The molecule has 2 heterocycles. The molecule has 28 heavy (non-hydrogen) atoms. The molecule has 0 saturated heterocycles. The zero-order valence-electron chi connectivity index (χ0n) is 15.8. The van der Waals surface area contributed by atoms with Crippen LogP contribution in [0.5, 0.6) is 0 Å². The van der Waals surface area contributed by atoms with Gasteiger partial charge in [-0.3, -0.25) is 4.79 Å². The molecule has 4 rings (SSSR count). The second-order valence-corrected chi connectivity index (χ2v) is 6.92. The van der Waals surface area contributed by atoms with Crippen LogP contribution in [0, 0.1) is 19.7 Å². The highest BCUT2D eigenvalue weighted by Crippen LogP contribution is 2.35. The maximum Gasteiger partial charge on any atom is 0.255 e. The van der Waals surface area contributed by atoms with Crippen molar-refractivity contribution in [3.05, 3.63) is 82.6 Å². The van der Waals surface area contributed by atoms with Gasteiger partial charge in [0.25, 0.3) is 5.91 Å². The Balaban J connectivity index is 1.77. The molecular weight excluding hydrogens is 357 g/mol. The van der Waals surface area contributed by atoms with Crippen LogP contribution in [-0.2, 0) is 4.79 Å². The Morgan fingerprint density at radius 3 is 2.75 bits per heavy atom. The number of hydrogen-bond donors (Lipinski definition) is 2. The molecule has 2 aromatic carbocycles. The van der Waals surface area contributed by atoms with Gasteiger partial charge in [-0.25, -0.2) is 9.07 Å². The number of hydrogen-bond acceptors (Lipinski definition) is 4. The molecule has 0 saturated carbocycles. The van der Waals surface area contributed by atoms with E-state index in [0.717, 1.165) is 16.8 Å². The lowest BCUT2D eigenvalue weighted by molar-refractivity contribution is -0.113. The van der Waals surface area contributed by atoms with E-state index < -0.39 is 6.04 Å². The van der Waals surface area contributed by atoms with Crippen LogP contribution in [0.25, 0.3) is 0 Å². The Kier molecular flexibility index (Phi) is 4.43. The highest BCUT2D eigenvalue weighted by Gasteiger charge is 2.33. The van der Waals surface area contributed by atoms with E-state index in [1.807, 2.05) is 32.0 Å². The highest BCUT2D eigenvalue weighted by molar-refractivity contribution is 6.06. The topological polar surface area (TPSA) is 71.8 Å². The number of fused-ring (bicyclic) bond motifs is 1. The van der Waals surface area contributed by atoms with Gasteiger partial charge >= 0.3 is 0 Å². The Morgan fingerprint density at radius 1 is 1.18 bits per heavy atom. The van der Waals surface area contributed by atoms with E-state index in [1.165, 1.54) is 18.5 Å². The average Bonchev–Trinajstić information content (AvgIpc) is 3.10. The molecule has 1 aliphatic heterocycles. The second-order valence-electron chi connectivity index (χ2n) is 6.92. The quantitative estimate of drug-likeness (QED) is 0.725. The largest absolute Gasteiger partial charge is 0.328 e. The molecule has 3 aromatic rings. The van der Waals surface area contributed by atoms with E-state index in [9.17, 15) is 9.18 Å². The molecule has 1 aliphatic rings. The fourth-order valence-corrected chi connectivity index (χ4v) is 3.51. The maximum absolute atomic E-state index is 13.9. The monoisotopic (exact) mass is 377 g/mol. The van der Waals surface area contributed by atoms with E-state index >= 15 is 0 Å². The highest BCUT2D eigenvalue weighted by atomic mass is 19.1. The summed E-state index contributed by atoms with van der Waals surface area (Å²) in [5, 5.41) is 10.3. The molecule has 1 unspecified atom stereocenters. The summed E-state index contributed by atoms with van der Waals surface area (Å²) in [7, 11) is 0. The van der Waals surface area contributed by atoms with Crippen LogP contribution in [0.1, 0.15) is 29.7 Å². The van der Waals surface area contributed by atoms with Gasteiger partial charge in [0.15, 0.2) is 0 Å². The third-order valence-corrected chi connectivity index (χ3v) is 4.83. The van der Waals surface area contributed by atoms with Crippen molar-refractivity contribution in [1.29, 1.82) is 0 Å². The number of allylic oxidation sites excluding steroid dienone is 1. The Labute approximate surface area is 162 Å². The zero-order valence-corrected chi connectivity index (χ0v) is 15.8. The SMILES string of the molecule is CC1=C(C(=O)Nc2ccc(C)cc2C)C(c2cccc(F)c2)n2ncnc2N1. The minimum absolute atomic E-state index is 0.271. The fraction of sp³-hybridized carbons (Fsp3) is 0.190. The molecule has 2 N–H and O–H groups in total. The van der Waals surface area contributed by atoms with Crippen molar-refractivity contribution in [2.45, 2.75) is 26.8 Å². The molecule has 0 bridgehead atoms. The summed E-state index contributed by atoms with van der Waals surface area (Å²) in [6.07, 6.45) is 1.41. The predicted octanol–water partition coefficient (Wildman–Crippen LogP) is 3.96. The minimum atomic E-state index is -0.583. The smallest absolute Gasteiger partial charge is 0.255 e. The molecule has 0 fully saturated rings. The first-order chi connectivity index (χ1) is 13.4. The zero-order chi connectivity index (χ0) is 19.8. The van der Waals surface area contributed by atoms with E-state index in [4.69, 9.17) is 0 Å². The second kappa shape index (κ2) is 6.92. The van der Waals surface area contributed by atoms with Crippen molar-refractivity contribution in [3.8, 4) is 0 Å². The lowest BCUT2D eigenvalue weighted by Crippen LogP contribution is -2.31. The van der Waals surface area contributed by atoms with E-state index in [0.29, 0.717) is 22.8 Å². The number of rotatable bonds is 3. The van der Waals surface area contributed by atoms with Gasteiger partial charge in [0.05, 0.1) is 5.57 Å². The first kappa shape index (κ1) is 17.9. The Bertz CT molecular complexity index is 1100. The Morgan fingerprint density at radius 2 is 2.00 bits per heavy atom. The van der Waals surface area contributed by atoms with Crippen molar-refractivity contribution in [3.63, 3.8) is 0 Å². The van der Waals surface area contributed by atoms with Crippen molar-refractivity contribution in [1.82, 2.24) is 14.8 Å². The summed E-state index contributed by atoms with van der Waals surface area (Å²) in [6.45, 7) is 5.76. The maximum atomic E-state index is 13.9. The lowest BCUT2D eigenvalue weighted by atomic mass is 9.95. The van der Waals surface area contributed by atoms with Crippen molar-refractivity contribution < 1.29 is 9.18 Å². The summed E-state index contributed by atoms with van der Waals surface area (Å²) in [5.74, 6) is -0.133. The van der Waals surface area contributed by atoms with E-state index in [1.54, 1.807) is 23.7 Å². The van der Waals surface area contributed by atoms with Crippen molar-refractivity contribution >= 4 is 17.5 Å². The minimum Gasteiger partial charge on any atom is -0.328 e. The first-order valence-corrected chi connectivity index (χ1v) is 8.95. The van der Waals surface area contributed by atoms with Crippen LogP contribution in [0.2, 0.25) is 0 Å². The molecule has 1 amide bonds. The summed E-state index contributed by atoms with van der Waals surface area (Å²) in [4.78, 5) is 17.4. The summed E-state index contributed by atoms with van der Waals surface area (Å²) >= 11 is 0. The van der Waals surface area contributed by atoms with E-state index in [-0.39, 0.29) is 11.7 Å². The summed E-state index contributed by atoms with van der Waals surface area (Å²) in [5.41, 5.74) is 4.56. The molecular formula is C21H20FN5O. The van der Waals surface area contributed by atoms with Gasteiger partial charge in [-0.1, -0.05) is 29.8 Å². The molecule has 1 atom stereocenters. The number of nitrogens with one attached hydrogen (secondary N) is 2. The van der Waals surface area contributed by atoms with Gasteiger partial charge in [-0.2, -0.15) is 10.1 Å². The number of aromatic nitrogens is 3. The standard InChI is InChI=1S/C21H20FN5O/c1-12-7-8-17(13(2)9-12)26-20(28)18-14(3)25-21-23-11-24-27(21)19(18)15-5-4-6-16(22)10-15/h4-11,19H,1-3H3,(H,26,28)(H,23,24,25). The van der Waals surface area contributed by atoms with Gasteiger partial charge in [-0.15, -0.1) is 0 Å². The van der Waals surface area contributed by atoms with Crippen LogP contribution in [0.3, 0.4) is 0 Å². The third-order valence-electron chi connectivity index (χ3n) is 4.83. The van der Waals surface area contributed by atoms with Gasteiger partial charge in [-0.05, 0) is 50.1 Å². The number of halogens is 1. The molecule has 0 spiro atoms. The first-order valence-electron chi connectivity index (χ1n) is 8.95. The molecule has 142 valence electrons. The Hall–Kier alpha value is -3.48. The number of carbonyl (C=O) groups excluding carboxylic acids is 1. The summed E-state index contributed by atoms with van der Waals surface area (Å²) < 4.78 is 15.5. The molecule has 0 aliphatic carbocycles. The molecule has 1 aromatic heterocycles. The third kappa shape index (κ3) is 3.15. The van der Waals surface area contributed by atoms with Crippen LogP contribution in [-0.4, -0.2) is 20.7 Å². The predicted molar refractivity (Wildman–Crippen MR) is 105 cm³/mol. The van der Waals surface area contributed by atoms with Crippen molar-refractivity contribution in [2.24, 2.45) is 0 Å². The normalized spacial score (nSPS) is 15.8. The summed E-state index contributed by atoms with van der Waals surface area (Å²) in [6, 6.07) is 11.4. The van der Waals surface area contributed by atoms with Crippen LogP contribution in [0.4, 0.5) is 16.0 Å². The molecule has 0 radical (unpaired) electrons. The molecule has 7 heteroatoms. The van der Waals surface area contributed by atoms with Crippen LogP contribution in [0.15, 0.2) is 60.1 Å². The van der Waals surface area contributed by atoms with Gasteiger partial charge in [0, 0.05) is 11.4 Å². The van der Waals surface area contributed by atoms with Gasteiger partial charge < -0.3 is 10.6 Å². The average molecular weight is 377 g/mol. The van der Waals surface area contributed by atoms with Gasteiger partial charge in [0.1, 0.15) is 18.2 Å². The lowest BCUT2D eigenvalue weighted by Gasteiger charge is -2.29. The number of aryl methyl sites for hydroxylation is 2. The number of carbonyl (C=O) groups is 1. The number of benzene rings is 2. The van der Waals surface area contributed by atoms with Crippen molar-refractivity contribution in [2.75, 3.05) is 10.6 Å². The van der Waals surface area contributed by atoms with Crippen LogP contribution >= 0.6 is 0 Å². The molecule has 6 nitrogen and oxygen atoms in total. The fourth-order valence-electron chi connectivity index (χ4n) is 3.51. The number of amides is 1.